The van der Waals surface area contributed by atoms with Crippen LogP contribution in [0.25, 0.3) is 0 Å². The first-order chi connectivity index (χ1) is 8.67. The Morgan fingerprint density at radius 2 is 2.06 bits per heavy atom. The maximum Gasteiger partial charge on any atom is 0.129 e. The summed E-state index contributed by atoms with van der Waals surface area (Å²) in [4.78, 5) is 0. The summed E-state index contributed by atoms with van der Waals surface area (Å²) >= 11 is 6.93. The summed E-state index contributed by atoms with van der Waals surface area (Å²) in [5, 5.41) is 4.41. The van der Waals surface area contributed by atoms with E-state index in [4.69, 9.17) is 4.74 Å². The summed E-state index contributed by atoms with van der Waals surface area (Å²) < 4.78 is 10.2. The first-order valence-corrected chi connectivity index (χ1v) is 8.32. The molecule has 1 aromatic rings. The smallest absolute Gasteiger partial charge is 0.129 e. The van der Waals surface area contributed by atoms with Crippen LogP contribution in [-0.2, 0) is 11.3 Å². The molecule has 2 fully saturated rings. The fraction of sp³-hybridized carbons (Fsp3) is 0.769. The fourth-order valence-corrected chi connectivity index (χ4v) is 4.43. The number of halogens is 2. The molecule has 5 heteroatoms. The predicted octanol–water partition coefficient (Wildman–Crippen LogP) is 4.29. The third kappa shape index (κ3) is 2.68. The molecule has 1 aromatic heterocycles. The molecule has 0 aromatic carbocycles. The Labute approximate surface area is 125 Å². The van der Waals surface area contributed by atoms with Gasteiger partial charge in [0.05, 0.1) is 18.2 Å². The summed E-state index contributed by atoms with van der Waals surface area (Å²) in [6.07, 6.45) is 9.30. The third-order valence-electron chi connectivity index (χ3n) is 4.18. The minimum atomic E-state index is 0.208. The molecule has 3 rings (SSSR count). The molecule has 18 heavy (non-hydrogen) atoms. The maximum atomic E-state index is 6.36. The van der Waals surface area contributed by atoms with Crippen molar-refractivity contribution in [1.29, 1.82) is 0 Å². The quantitative estimate of drug-likeness (QED) is 0.768. The molecule has 2 aliphatic rings. The van der Waals surface area contributed by atoms with E-state index in [1.54, 1.807) is 0 Å². The molecule has 0 amide bonds. The molecule has 100 valence electrons. The van der Waals surface area contributed by atoms with Crippen LogP contribution in [0.2, 0.25) is 0 Å². The lowest BCUT2D eigenvalue weighted by Gasteiger charge is -2.33. The maximum absolute atomic E-state index is 6.36. The van der Waals surface area contributed by atoms with Crippen LogP contribution >= 0.6 is 31.9 Å². The number of hydrogen-bond donors (Lipinski definition) is 0. The van der Waals surface area contributed by atoms with E-state index < -0.39 is 0 Å². The number of rotatable bonds is 2. The second-order valence-corrected chi connectivity index (χ2v) is 7.12. The van der Waals surface area contributed by atoms with Gasteiger partial charge in [0.1, 0.15) is 9.21 Å². The Hall–Kier alpha value is 0.130. The monoisotopic (exact) mass is 376 g/mol. The van der Waals surface area contributed by atoms with Gasteiger partial charge in [0, 0.05) is 6.07 Å². The molecule has 1 aliphatic heterocycles. The average Bonchev–Trinajstić information content (AvgIpc) is 2.86. The van der Waals surface area contributed by atoms with Crippen LogP contribution < -0.4 is 0 Å². The van der Waals surface area contributed by atoms with Crippen LogP contribution in [0.1, 0.15) is 44.9 Å². The van der Waals surface area contributed by atoms with Gasteiger partial charge in [0.25, 0.3) is 0 Å². The van der Waals surface area contributed by atoms with E-state index in [-0.39, 0.29) is 5.60 Å². The molecule has 1 atom stereocenters. The van der Waals surface area contributed by atoms with E-state index in [1.165, 1.54) is 44.9 Å². The van der Waals surface area contributed by atoms with E-state index in [0.717, 1.165) is 15.8 Å². The molecule has 0 radical (unpaired) electrons. The van der Waals surface area contributed by atoms with Gasteiger partial charge in [-0.2, -0.15) is 5.10 Å². The number of nitrogens with zero attached hydrogens (tertiary/aromatic N) is 2. The molecule has 2 heterocycles. The fourth-order valence-electron chi connectivity index (χ4n) is 3.27. The Morgan fingerprint density at radius 1 is 1.28 bits per heavy atom. The van der Waals surface area contributed by atoms with Crippen molar-refractivity contribution in [3.63, 3.8) is 0 Å². The second kappa shape index (κ2) is 5.25. The molecule has 1 spiro atoms. The van der Waals surface area contributed by atoms with E-state index in [0.29, 0.717) is 6.10 Å². The summed E-state index contributed by atoms with van der Waals surface area (Å²) in [7, 11) is 0. The number of ether oxygens (including phenoxy) is 1. The van der Waals surface area contributed by atoms with Crippen molar-refractivity contribution in [3.8, 4) is 0 Å². The molecule has 1 saturated heterocycles. The van der Waals surface area contributed by atoms with E-state index in [9.17, 15) is 0 Å². The lowest BCUT2D eigenvalue weighted by molar-refractivity contribution is -0.0690. The second-order valence-electron chi connectivity index (χ2n) is 5.49. The molecule has 3 nitrogen and oxygen atoms in total. The number of aromatic nitrogens is 2. The largest absolute Gasteiger partial charge is 0.370 e. The van der Waals surface area contributed by atoms with Gasteiger partial charge in [-0.05, 0) is 57.5 Å². The van der Waals surface area contributed by atoms with Gasteiger partial charge >= 0.3 is 0 Å². The van der Waals surface area contributed by atoms with Crippen molar-refractivity contribution in [2.75, 3.05) is 0 Å². The Bertz CT molecular complexity index is 427. The highest BCUT2D eigenvalue weighted by Crippen LogP contribution is 2.42. The SMILES string of the molecule is Brc1cc(Br)n(CC2CCC3(CCCCC3)O2)n1. The van der Waals surface area contributed by atoms with E-state index in [2.05, 4.69) is 37.0 Å². The van der Waals surface area contributed by atoms with Gasteiger partial charge in [0.15, 0.2) is 0 Å². The molecule has 1 saturated carbocycles. The topological polar surface area (TPSA) is 27.1 Å². The summed E-state index contributed by atoms with van der Waals surface area (Å²) in [6, 6.07) is 1.98. The van der Waals surface area contributed by atoms with Crippen molar-refractivity contribution in [2.45, 2.75) is 63.2 Å². The Balaban J connectivity index is 1.64. The van der Waals surface area contributed by atoms with E-state index in [1.807, 2.05) is 10.7 Å². The lowest BCUT2D eigenvalue weighted by Crippen LogP contribution is -2.32. The van der Waals surface area contributed by atoms with Crippen molar-refractivity contribution >= 4 is 31.9 Å². The molecule has 1 unspecified atom stereocenters. The van der Waals surface area contributed by atoms with Crippen molar-refractivity contribution in [3.05, 3.63) is 15.3 Å². The van der Waals surface area contributed by atoms with Crippen molar-refractivity contribution < 1.29 is 4.74 Å². The molecular weight excluding hydrogens is 360 g/mol. The van der Waals surface area contributed by atoms with Gasteiger partial charge in [0.2, 0.25) is 0 Å². The highest BCUT2D eigenvalue weighted by Gasteiger charge is 2.40. The van der Waals surface area contributed by atoms with Gasteiger partial charge in [-0.1, -0.05) is 19.3 Å². The molecule has 0 N–H and O–H groups in total. The van der Waals surface area contributed by atoms with Gasteiger partial charge in [-0.15, -0.1) is 0 Å². The van der Waals surface area contributed by atoms with Crippen molar-refractivity contribution in [1.82, 2.24) is 9.78 Å². The molecule has 1 aliphatic carbocycles. The van der Waals surface area contributed by atoms with Crippen LogP contribution in [0, 0.1) is 0 Å². The number of hydrogen-bond acceptors (Lipinski definition) is 2. The molecular formula is C13H18Br2N2O. The highest BCUT2D eigenvalue weighted by atomic mass is 79.9. The minimum absolute atomic E-state index is 0.208. The van der Waals surface area contributed by atoms with Crippen LogP contribution in [0.3, 0.4) is 0 Å². The first-order valence-electron chi connectivity index (χ1n) is 6.74. The van der Waals surface area contributed by atoms with Crippen LogP contribution in [0.4, 0.5) is 0 Å². The normalized spacial score (nSPS) is 26.9. The third-order valence-corrected chi connectivity index (χ3v) is 5.21. The van der Waals surface area contributed by atoms with Crippen LogP contribution in [0.5, 0.6) is 0 Å². The minimum Gasteiger partial charge on any atom is -0.370 e. The van der Waals surface area contributed by atoms with Crippen LogP contribution in [-0.4, -0.2) is 21.5 Å². The Morgan fingerprint density at radius 3 is 2.72 bits per heavy atom. The first kappa shape index (κ1) is 13.1. The van der Waals surface area contributed by atoms with Gasteiger partial charge in [-0.25, -0.2) is 0 Å². The predicted molar refractivity (Wildman–Crippen MR) is 77.6 cm³/mol. The van der Waals surface area contributed by atoms with E-state index >= 15 is 0 Å². The standard InChI is InChI=1S/C13H18Br2N2O/c14-11-8-12(15)17(16-11)9-10-4-7-13(18-10)5-2-1-3-6-13/h8,10H,1-7,9H2. The van der Waals surface area contributed by atoms with Gasteiger partial charge < -0.3 is 4.74 Å². The zero-order chi connectivity index (χ0) is 12.6. The van der Waals surface area contributed by atoms with Gasteiger partial charge in [-0.3, -0.25) is 4.68 Å². The lowest BCUT2D eigenvalue weighted by atomic mass is 9.83. The average molecular weight is 378 g/mol. The summed E-state index contributed by atoms with van der Waals surface area (Å²) in [5.41, 5.74) is 0.208. The summed E-state index contributed by atoms with van der Waals surface area (Å²) in [5.74, 6) is 0. The van der Waals surface area contributed by atoms with Crippen molar-refractivity contribution in [2.24, 2.45) is 0 Å². The van der Waals surface area contributed by atoms with Crippen LogP contribution in [0.15, 0.2) is 15.3 Å². The Kier molecular flexibility index (Phi) is 3.83. The zero-order valence-corrected chi connectivity index (χ0v) is 13.5. The highest BCUT2D eigenvalue weighted by molar-refractivity contribution is 9.11. The molecule has 0 bridgehead atoms. The zero-order valence-electron chi connectivity index (χ0n) is 10.4. The summed E-state index contributed by atoms with van der Waals surface area (Å²) in [6.45, 7) is 0.855.